The SMILES string of the molecule is COc1cccc(C(C)NCC2(SC)CCCCC2)c1. The second-order valence-corrected chi connectivity index (χ2v) is 7.10. The number of benzene rings is 1. The van der Waals surface area contributed by atoms with Gasteiger partial charge in [0.1, 0.15) is 5.75 Å². The largest absolute Gasteiger partial charge is 0.497 e. The smallest absolute Gasteiger partial charge is 0.119 e. The monoisotopic (exact) mass is 293 g/mol. The average molecular weight is 293 g/mol. The Morgan fingerprint density at radius 1 is 1.30 bits per heavy atom. The van der Waals surface area contributed by atoms with Crippen LogP contribution >= 0.6 is 11.8 Å². The first kappa shape index (κ1) is 15.7. The van der Waals surface area contributed by atoms with E-state index in [4.69, 9.17) is 4.74 Å². The summed E-state index contributed by atoms with van der Waals surface area (Å²) in [6.45, 7) is 3.35. The lowest BCUT2D eigenvalue weighted by molar-refractivity contribution is 0.366. The van der Waals surface area contributed by atoms with Gasteiger partial charge in [-0.1, -0.05) is 31.4 Å². The third kappa shape index (κ3) is 3.92. The molecular formula is C17H27NOS. The van der Waals surface area contributed by atoms with Crippen molar-refractivity contribution < 1.29 is 4.74 Å². The van der Waals surface area contributed by atoms with E-state index >= 15 is 0 Å². The van der Waals surface area contributed by atoms with E-state index in [1.54, 1.807) is 7.11 Å². The Kier molecular flexibility index (Phi) is 5.79. The summed E-state index contributed by atoms with van der Waals surface area (Å²) in [5, 5.41) is 3.74. The molecule has 0 amide bonds. The van der Waals surface area contributed by atoms with E-state index < -0.39 is 0 Å². The lowest BCUT2D eigenvalue weighted by atomic mass is 9.88. The minimum atomic E-state index is 0.371. The molecule has 3 heteroatoms. The summed E-state index contributed by atoms with van der Waals surface area (Å²) in [6, 6.07) is 8.74. The topological polar surface area (TPSA) is 21.3 Å². The molecule has 1 aromatic rings. The number of hydrogen-bond donors (Lipinski definition) is 1. The molecule has 2 rings (SSSR count). The summed E-state index contributed by atoms with van der Waals surface area (Å²) in [4.78, 5) is 0. The van der Waals surface area contributed by atoms with E-state index in [0.29, 0.717) is 10.8 Å². The van der Waals surface area contributed by atoms with E-state index in [0.717, 1.165) is 12.3 Å². The molecule has 20 heavy (non-hydrogen) atoms. The van der Waals surface area contributed by atoms with Crippen molar-refractivity contribution >= 4 is 11.8 Å². The summed E-state index contributed by atoms with van der Waals surface area (Å²) in [6.07, 6.45) is 9.15. The Morgan fingerprint density at radius 3 is 2.70 bits per heavy atom. The maximum Gasteiger partial charge on any atom is 0.119 e. The van der Waals surface area contributed by atoms with Crippen molar-refractivity contribution in [3.8, 4) is 5.75 Å². The van der Waals surface area contributed by atoms with Crippen molar-refractivity contribution in [2.24, 2.45) is 0 Å². The lowest BCUT2D eigenvalue weighted by Crippen LogP contribution is -2.40. The molecule has 1 atom stereocenters. The van der Waals surface area contributed by atoms with Crippen LogP contribution < -0.4 is 10.1 Å². The molecule has 0 aromatic heterocycles. The molecule has 1 fully saturated rings. The van der Waals surface area contributed by atoms with Crippen molar-refractivity contribution in [2.75, 3.05) is 19.9 Å². The highest BCUT2D eigenvalue weighted by atomic mass is 32.2. The van der Waals surface area contributed by atoms with Gasteiger partial charge in [0.05, 0.1) is 7.11 Å². The first-order valence-electron chi connectivity index (χ1n) is 7.62. The minimum Gasteiger partial charge on any atom is -0.497 e. The molecule has 2 nitrogen and oxygen atoms in total. The highest BCUT2D eigenvalue weighted by Gasteiger charge is 2.31. The lowest BCUT2D eigenvalue weighted by Gasteiger charge is -2.37. The van der Waals surface area contributed by atoms with Crippen LogP contribution in [0.3, 0.4) is 0 Å². The molecule has 0 bridgehead atoms. The molecule has 1 aliphatic carbocycles. The Hall–Kier alpha value is -0.670. The third-order valence-electron chi connectivity index (χ3n) is 4.52. The zero-order valence-electron chi connectivity index (χ0n) is 12.9. The Bertz CT molecular complexity index is 415. The predicted octanol–water partition coefficient (Wildman–Crippen LogP) is 4.41. The van der Waals surface area contributed by atoms with E-state index in [9.17, 15) is 0 Å². The summed E-state index contributed by atoms with van der Waals surface area (Å²) in [7, 11) is 1.72. The maximum atomic E-state index is 5.31. The van der Waals surface area contributed by atoms with Crippen LogP contribution in [0.5, 0.6) is 5.75 Å². The summed E-state index contributed by atoms with van der Waals surface area (Å²) in [5.41, 5.74) is 1.30. The fraction of sp³-hybridized carbons (Fsp3) is 0.647. The molecule has 1 unspecified atom stereocenters. The van der Waals surface area contributed by atoms with Gasteiger partial charge >= 0.3 is 0 Å². The van der Waals surface area contributed by atoms with Crippen LogP contribution in [-0.4, -0.2) is 24.7 Å². The van der Waals surface area contributed by atoms with Gasteiger partial charge in [0.15, 0.2) is 0 Å². The Labute approximate surface area is 127 Å². The normalized spacial score (nSPS) is 19.6. The molecule has 0 spiro atoms. The number of ether oxygens (including phenoxy) is 1. The van der Waals surface area contributed by atoms with E-state index in [2.05, 4.69) is 48.5 Å². The van der Waals surface area contributed by atoms with Crippen LogP contribution in [0.4, 0.5) is 0 Å². The van der Waals surface area contributed by atoms with Crippen molar-refractivity contribution in [2.45, 2.75) is 49.8 Å². The number of methoxy groups -OCH3 is 1. The molecule has 0 heterocycles. The van der Waals surface area contributed by atoms with Gasteiger partial charge in [-0.05, 0) is 43.7 Å². The molecule has 1 N–H and O–H groups in total. The summed E-state index contributed by atoms with van der Waals surface area (Å²) in [5.74, 6) is 0.938. The predicted molar refractivity (Wildman–Crippen MR) is 88.7 cm³/mol. The minimum absolute atomic E-state index is 0.371. The Balaban J connectivity index is 1.94. The third-order valence-corrected chi connectivity index (χ3v) is 5.94. The van der Waals surface area contributed by atoms with Gasteiger partial charge in [0.2, 0.25) is 0 Å². The summed E-state index contributed by atoms with van der Waals surface area (Å²) >= 11 is 2.05. The van der Waals surface area contributed by atoms with E-state index in [1.807, 2.05) is 6.07 Å². The Morgan fingerprint density at radius 2 is 2.05 bits per heavy atom. The highest BCUT2D eigenvalue weighted by molar-refractivity contribution is 8.00. The molecule has 1 aromatic carbocycles. The maximum absolute atomic E-state index is 5.31. The van der Waals surface area contributed by atoms with Crippen molar-refractivity contribution in [1.29, 1.82) is 0 Å². The molecule has 0 radical (unpaired) electrons. The van der Waals surface area contributed by atoms with Gasteiger partial charge in [-0.15, -0.1) is 0 Å². The molecule has 0 saturated heterocycles. The van der Waals surface area contributed by atoms with Crippen molar-refractivity contribution in [1.82, 2.24) is 5.32 Å². The molecule has 112 valence electrons. The zero-order valence-corrected chi connectivity index (χ0v) is 13.8. The van der Waals surface area contributed by atoms with Gasteiger partial charge in [-0.3, -0.25) is 0 Å². The van der Waals surface area contributed by atoms with E-state index in [1.165, 1.54) is 37.7 Å². The van der Waals surface area contributed by atoms with Crippen LogP contribution in [0, 0.1) is 0 Å². The van der Waals surface area contributed by atoms with Crippen LogP contribution in [-0.2, 0) is 0 Å². The fourth-order valence-electron chi connectivity index (χ4n) is 3.02. The van der Waals surface area contributed by atoms with Gasteiger partial charge in [0.25, 0.3) is 0 Å². The molecule has 0 aliphatic heterocycles. The van der Waals surface area contributed by atoms with Gasteiger partial charge in [-0.25, -0.2) is 0 Å². The number of hydrogen-bond acceptors (Lipinski definition) is 3. The fourth-order valence-corrected chi connectivity index (χ4v) is 3.94. The number of rotatable bonds is 6. The van der Waals surface area contributed by atoms with Gasteiger partial charge in [0, 0.05) is 17.3 Å². The van der Waals surface area contributed by atoms with Crippen LogP contribution in [0.15, 0.2) is 24.3 Å². The average Bonchev–Trinajstić information content (AvgIpc) is 2.53. The van der Waals surface area contributed by atoms with E-state index in [-0.39, 0.29) is 0 Å². The van der Waals surface area contributed by atoms with Crippen LogP contribution in [0.1, 0.15) is 50.6 Å². The van der Waals surface area contributed by atoms with Gasteiger partial charge < -0.3 is 10.1 Å². The first-order valence-corrected chi connectivity index (χ1v) is 8.84. The van der Waals surface area contributed by atoms with Crippen molar-refractivity contribution in [3.05, 3.63) is 29.8 Å². The highest BCUT2D eigenvalue weighted by Crippen LogP contribution is 2.38. The summed E-state index contributed by atoms with van der Waals surface area (Å²) < 4.78 is 5.76. The zero-order chi connectivity index (χ0) is 14.4. The van der Waals surface area contributed by atoms with Crippen LogP contribution in [0.25, 0.3) is 0 Å². The molecule has 1 saturated carbocycles. The van der Waals surface area contributed by atoms with Crippen LogP contribution in [0.2, 0.25) is 0 Å². The second-order valence-electron chi connectivity index (χ2n) is 5.83. The quantitative estimate of drug-likeness (QED) is 0.839. The second kappa shape index (κ2) is 7.37. The molecule has 1 aliphatic rings. The first-order chi connectivity index (χ1) is 9.69. The molecular weight excluding hydrogens is 266 g/mol. The van der Waals surface area contributed by atoms with Crippen molar-refractivity contribution in [3.63, 3.8) is 0 Å². The standard InChI is InChI=1S/C17H27NOS/c1-14(15-8-7-9-16(12-15)19-2)18-13-17(20-3)10-5-4-6-11-17/h7-9,12,14,18H,4-6,10-11,13H2,1-3H3. The number of thioether (sulfide) groups is 1. The number of nitrogens with one attached hydrogen (secondary N) is 1. The van der Waals surface area contributed by atoms with Gasteiger partial charge in [-0.2, -0.15) is 11.8 Å².